The molecule has 0 fully saturated rings. The van der Waals surface area contributed by atoms with Crippen molar-refractivity contribution in [3.8, 4) is 17.1 Å². The van der Waals surface area contributed by atoms with Gasteiger partial charge in [0, 0.05) is 5.56 Å². The molecule has 8 heteroatoms. The van der Waals surface area contributed by atoms with Crippen molar-refractivity contribution in [2.45, 2.75) is 19.7 Å². The molecule has 124 valence electrons. The minimum absolute atomic E-state index is 0.224. The van der Waals surface area contributed by atoms with Gasteiger partial charge in [0.1, 0.15) is 12.4 Å². The topological polar surface area (TPSA) is 63.7 Å². The fourth-order valence-corrected chi connectivity index (χ4v) is 2.24. The number of aromatic nitrogens is 4. The van der Waals surface area contributed by atoms with E-state index in [1.807, 2.05) is 24.3 Å². The Hall–Kier alpha value is -2.90. The Bertz CT molecular complexity index is 832. The molecule has 0 aliphatic carbocycles. The van der Waals surface area contributed by atoms with E-state index in [1.54, 1.807) is 6.92 Å². The first-order valence-corrected chi connectivity index (χ1v) is 7.07. The van der Waals surface area contributed by atoms with Crippen molar-refractivity contribution in [1.29, 1.82) is 0 Å². The summed E-state index contributed by atoms with van der Waals surface area (Å²) in [7, 11) is 0. The molecule has 5 nitrogen and oxygen atoms in total. The average molecular weight is 334 g/mol. The minimum Gasteiger partial charge on any atom is -0.489 e. The van der Waals surface area contributed by atoms with Crippen molar-refractivity contribution >= 4 is 0 Å². The van der Waals surface area contributed by atoms with Gasteiger partial charge in [0.25, 0.3) is 0 Å². The van der Waals surface area contributed by atoms with Crippen LogP contribution in [0, 0.1) is 6.92 Å². The first-order valence-electron chi connectivity index (χ1n) is 7.07. The number of aryl methyl sites for hydroxylation is 1. The van der Waals surface area contributed by atoms with Gasteiger partial charge in [0.05, 0.1) is 5.56 Å². The van der Waals surface area contributed by atoms with Crippen LogP contribution < -0.4 is 4.74 Å². The highest BCUT2D eigenvalue weighted by atomic mass is 19.4. The Morgan fingerprint density at radius 2 is 1.96 bits per heavy atom. The zero-order chi connectivity index (χ0) is 17.2. The van der Waals surface area contributed by atoms with Crippen LogP contribution in [-0.2, 0) is 12.8 Å². The molecule has 3 aromatic rings. The van der Waals surface area contributed by atoms with Gasteiger partial charge in [0.2, 0.25) is 0 Å². The summed E-state index contributed by atoms with van der Waals surface area (Å²) in [6.07, 6.45) is -4.36. The maximum Gasteiger partial charge on any atom is 0.416 e. The number of tetrazole rings is 1. The molecule has 0 amide bonds. The summed E-state index contributed by atoms with van der Waals surface area (Å²) in [6.45, 7) is 1.81. The third kappa shape index (κ3) is 3.53. The third-order valence-electron chi connectivity index (χ3n) is 3.44. The largest absolute Gasteiger partial charge is 0.489 e. The maximum absolute atomic E-state index is 12.7. The van der Waals surface area contributed by atoms with E-state index < -0.39 is 11.7 Å². The smallest absolute Gasteiger partial charge is 0.416 e. The number of rotatable bonds is 4. The number of halogens is 3. The van der Waals surface area contributed by atoms with Crippen LogP contribution in [0.3, 0.4) is 0 Å². The van der Waals surface area contributed by atoms with E-state index in [0.29, 0.717) is 17.1 Å². The van der Waals surface area contributed by atoms with Crippen LogP contribution in [-0.4, -0.2) is 20.6 Å². The van der Waals surface area contributed by atoms with Gasteiger partial charge < -0.3 is 4.74 Å². The molecule has 0 bridgehead atoms. The fourth-order valence-electron chi connectivity index (χ4n) is 2.24. The van der Waals surface area contributed by atoms with Crippen LogP contribution in [0.5, 0.6) is 5.75 Å². The number of benzene rings is 2. The van der Waals surface area contributed by atoms with Gasteiger partial charge in [-0.2, -0.15) is 13.2 Å². The summed E-state index contributed by atoms with van der Waals surface area (Å²) < 4.78 is 43.6. The van der Waals surface area contributed by atoms with Crippen LogP contribution >= 0.6 is 0 Å². The van der Waals surface area contributed by atoms with Crippen LogP contribution in [0.15, 0.2) is 42.5 Å². The molecular weight excluding hydrogens is 321 g/mol. The summed E-state index contributed by atoms with van der Waals surface area (Å²) >= 11 is 0. The predicted molar refractivity (Wildman–Crippen MR) is 80.1 cm³/mol. The first-order chi connectivity index (χ1) is 11.4. The Morgan fingerprint density at radius 1 is 1.12 bits per heavy atom. The van der Waals surface area contributed by atoms with Crippen molar-refractivity contribution in [2.75, 3.05) is 0 Å². The molecule has 0 radical (unpaired) electrons. The zero-order valence-electron chi connectivity index (χ0n) is 12.6. The van der Waals surface area contributed by atoms with Crippen LogP contribution in [0.1, 0.15) is 16.7 Å². The van der Waals surface area contributed by atoms with Gasteiger partial charge in [-0.3, -0.25) is 0 Å². The Kier molecular flexibility index (Phi) is 4.20. The molecule has 0 aliphatic rings. The van der Waals surface area contributed by atoms with Gasteiger partial charge in [-0.15, -0.1) is 5.10 Å². The lowest BCUT2D eigenvalue weighted by Crippen LogP contribution is -2.06. The average Bonchev–Trinajstić information content (AvgIpc) is 3.07. The summed E-state index contributed by atoms with van der Waals surface area (Å²) in [5, 5.41) is 13.5. The minimum atomic E-state index is -4.36. The van der Waals surface area contributed by atoms with Gasteiger partial charge in [-0.1, -0.05) is 18.2 Å². The highest BCUT2D eigenvalue weighted by molar-refractivity contribution is 5.54. The van der Waals surface area contributed by atoms with Gasteiger partial charge in [-0.05, 0) is 52.7 Å². The predicted octanol–water partition coefficient (Wildman–Crippen LogP) is 3.77. The molecule has 0 saturated heterocycles. The van der Waals surface area contributed by atoms with Crippen LogP contribution in [0.4, 0.5) is 13.2 Å². The van der Waals surface area contributed by atoms with E-state index in [1.165, 1.54) is 6.07 Å². The normalized spacial score (nSPS) is 11.5. The lowest BCUT2D eigenvalue weighted by molar-refractivity contribution is -0.137. The molecule has 0 aliphatic heterocycles. The second-order valence-corrected chi connectivity index (χ2v) is 5.22. The summed E-state index contributed by atoms with van der Waals surface area (Å²) in [5.74, 6) is 0.942. The molecule has 0 saturated carbocycles. The summed E-state index contributed by atoms with van der Waals surface area (Å²) in [4.78, 5) is 0. The highest BCUT2D eigenvalue weighted by Crippen LogP contribution is 2.32. The van der Waals surface area contributed by atoms with Gasteiger partial charge >= 0.3 is 6.18 Å². The van der Waals surface area contributed by atoms with E-state index in [2.05, 4.69) is 20.6 Å². The number of hydrogen-bond acceptors (Lipinski definition) is 4. The van der Waals surface area contributed by atoms with E-state index in [9.17, 15) is 13.2 Å². The Balaban J connectivity index is 1.73. The molecule has 0 atom stereocenters. The summed E-state index contributed by atoms with van der Waals surface area (Å²) in [6, 6.07) is 10.8. The standard InChI is InChI=1S/C16H13F3N4O/c1-10-7-13(16(17,18)19)5-6-14(10)24-9-11-3-2-4-12(8-11)15-20-22-23-21-15/h2-8H,9H2,1H3,(H,20,21,22,23). The number of hydrogen-bond donors (Lipinski definition) is 1. The fraction of sp³-hybridized carbons (Fsp3) is 0.188. The van der Waals surface area contributed by atoms with Crippen molar-refractivity contribution in [2.24, 2.45) is 0 Å². The SMILES string of the molecule is Cc1cc(C(F)(F)F)ccc1OCc1cccc(-c2nnn[nH]2)c1. The second kappa shape index (κ2) is 6.31. The molecule has 1 aromatic heterocycles. The number of aromatic amines is 1. The van der Waals surface area contributed by atoms with E-state index in [-0.39, 0.29) is 6.61 Å². The molecule has 24 heavy (non-hydrogen) atoms. The van der Waals surface area contributed by atoms with Gasteiger partial charge in [0.15, 0.2) is 5.82 Å². The lowest BCUT2D eigenvalue weighted by Gasteiger charge is -2.12. The third-order valence-corrected chi connectivity index (χ3v) is 3.44. The van der Waals surface area contributed by atoms with Crippen LogP contribution in [0.2, 0.25) is 0 Å². The molecule has 0 spiro atoms. The second-order valence-electron chi connectivity index (χ2n) is 5.22. The summed E-state index contributed by atoms with van der Waals surface area (Å²) in [5.41, 5.74) is 1.39. The van der Waals surface area contributed by atoms with Crippen molar-refractivity contribution in [1.82, 2.24) is 20.6 Å². The Morgan fingerprint density at radius 3 is 2.62 bits per heavy atom. The number of nitrogens with zero attached hydrogens (tertiary/aromatic N) is 3. The quantitative estimate of drug-likeness (QED) is 0.789. The molecule has 2 aromatic carbocycles. The number of nitrogens with one attached hydrogen (secondary N) is 1. The first kappa shape index (κ1) is 16.0. The Labute approximate surface area is 135 Å². The van der Waals surface area contributed by atoms with Crippen molar-refractivity contribution in [3.63, 3.8) is 0 Å². The van der Waals surface area contributed by atoms with Gasteiger partial charge in [-0.25, -0.2) is 5.10 Å². The number of ether oxygens (including phenoxy) is 1. The van der Waals surface area contributed by atoms with E-state index in [0.717, 1.165) is 23.3 Å². The maximum atomic E-state index is 12.7. The number of H-pyrrole nitrogens is 1. The molecule has 0 unspecified atom stereocenters. The number of alkyl halides is 3. The molecule has 3 rings (SSSR count). The highest BCUT2D eigenvalue weighted by Gasteiger charge is 2.30. The van der Waals surface area contributed by atoms with Crippen LogP contribution in [0.25, 0.3) is 11.4 Å². The molecular formula is C16H13F3N4O. The lowest BCUT2D eigenvalue weighted by atomic mass is 10.1. The monoisotopic (exact) mass is 334 g/mol. The zero-order valence-corrected chi connectivity index (χ0v) is 12.6. The van der Waals surface area contributed by atoms with E-state index in [4.69, 9.17) is 4.74 Å². The molecule has 1 N–H and O–H groups in total. The molecule has 1 heterocycles. The van der Waals surface area contributed by atoms with E-state index >= 15 is 0 Å². The van der Waals surface area contributed by atoms with Crippen molar-refractivity contribution in [3.05, 3.63) is 59.2 Å². The van der Waals surface area contributed by atoms with Crippen molar-refractivity contribution < 1.29 is 17.9 Å².